The van der Waals surface area contributed by atoms with Crippen LogP contribution in [0.5, 0.6) is 0 Å². The SMILES string of the molecule is COC(=O)C(O)(O)C(=O)c1ccc(Cl)cc1. The van der Waals surface area contributed by atoms with E-state index in [2.05, 4.69) is 4.74 Å². The zero-order valence-corrected chi connectivity index (χ0v) is 9.06. The molecule has 0 radical (unpaired) electrons. The fourth-order valence-corrected chi connectivity index (χ4v) is 1.16. The minimum absolute atomic E-state index is 0.0557. The largest absolute Gasteiger partial charge is 0.465 e. The van der Waals surface area contributed by atoms with E-state index in [0.717, 1.165) is 7.11 Å². The van der Waals surface area contributed by atoms with E-state index in [9.17, 15) is 19.8 Å². The van der Waals surface area contributed by atoms with E-state index in [1.165, 1.54) is 24.3 Å². The molecule has 6 heteroatoms. The summed E-state index contributed by atoms with van der Waals surface area (Å²) in [6, 6.07) is 5.33. The van der Waals surface area contributed by atoms with Crippen LogP contribution in [0.3, 0.4) is 0 Å². The third-order valence-corrected chi connectivity index (χ3v) is 2.15. The summed E-state index contributed by atoms with van der Waals surface area (Å²) in [7, 11) is 0.943. The van der Waals surface area contributed by atoms with Crippen LogP contribution in [0.15, 0.2) is 24.3 Å². The molecule has 86 valence electrons. The van der Waals surface area contributed by atoms with E-state index in [0.29, 0.717) is 5.02 Å². The number of ether oxygens (including phenoxy) is 1. The Hall–Kier alpha value is -1.43. The number of halogens is 1. The molecule has 0 atom stereocenters. The highest BCUT2D eigenvalue weighted by Crippen LogP contribution is 2.15. The first kappa shape index (κ1) is 12.6. The quantitative estimate of drug-likeness (QED) is 0.348. The molecule has 2 N–H and O–H groups in total. The van der Waals surface area contributed by atoms with E-state index >= 15 is 0 Å². The van der Waals surface area contributed by atoms with Gasteiger partial charge < -0.3 is 14.9 Å². The molecule has 0 unspecified atom stereocenters. The fraction of sp³-hybridized carbons (Fsp3) is 0.200. The van der Waals surface area contributed by atoms with Gasteiger partial charge in [0, 0.05) is 10.6 Å². The summed E-state index contributed by atoms with van der Waals surface area (Å²) in [6.07, 6.45) is 0. The molecule has 0 aliphatic carbocycles. The van der Waals surface area contributed by atoms with Gasteiger partial charge in [-0.05, 0) is 24.3 Å². The molecule has 0 fully saturated rings. The van der Waals surface area contributed by atoms with Crippen LogP contribution in [-0.4, -0.2) is 34.9 Å². The number of carbonyl (C=O) groups is 2. The van der Waals surface area contributed by atoms with Gasteiger partial charge in [-0.2, -0.15) is 0 Å². The number of esters is 1. The third-order valence-electron chi connectivity index (χ3n) is 1.89. The van der Waals surface area contributed by atoms with Gasteiger partial charge in [0.15, 0.2) is 0 Å². The van der Waals surface area contributed by atoms with E-state index in [4.69, 9.17) is 11.6 Å². The smallest absolute Gasteiger partial charge is 0.375 e. The Morgan fingerprint density at radius 1 is 1.25 bits per heavy atom. The molecule has 5 nitrogen and oxygen atoms in total. The van der Waals surface area contributed by atoms with Crippen molar-refractivity contribution in [3.8, 4) is 0 Å². The van der Waals surface area contributed by atoms with Crippen LogP contribution in [-0.2, 0) is 9.53 Å². The first-order valence-electron chi connectivity index (χ1n) is 4.23. The number of ketones is 1. The van der Waals surface area contributed by atoms with Gasteiger partial charge in [-0.1, -0.05) is 11.6 Å². The molecule has 1 aromatic rings. The molecule has 0 saturated carbocycles. The number of benzene rings is 1. The second-order valence-corrected chi connectivity index (χ2v) is 3.44. The maximum atomic E-state index is 11.5. The average Bonchev–Trinajstić information content (AvgIpc) is 2.28. The average molecular weight is 245 g/mol. The highest BCUT2D eigenvalue weighted by atomic mass is 35.5. The number of rotatable bonds is 3. The summed E-state index contributed by atoms with van der Waals surface area (Å²) in [6.45, 7) is 0. The monoisotopic (exact) mass is 244 g/mol. The Balaban J connectivity index is 3.02. The fourth-order valence-electron chi connectivity index (χ4n) is 1.04. The molecular weight excluding hydrogens is 236 g/mol. The molecule has 0 aliphatic rings. The lowest BCUT2D eigenvalue weighted by atomic mass is 10.0. The second kappa shape index (κ2) is 4.61. The molecule has 16 heavy (non-hydrogen) atoms. The molecule has 0 spiro atoms. The first-order valence-corrected chi connectivity index (χ1v) is 4.61. The first-order chi connectivity index (χ1) is 7.39. The van der Waals surface area contributed by atoms with Gasteiger partial charge in [0.1, 0.15) is 0 Å². The predicted octanol–water partition coefficient (Wildman–Crippen LogP) is 0.377. The Kier molecular flexibility index (Phi) is 3.64. The molecule has 0 aromatic heterocycles. The maximum Gasteiger partial charge on any atom is 0.375 e. The van der Waals surface area contributed by atoms with Crippen LogP contribution in [0.2, 0.25) is 5.02 Å². The minimum Gasteiger partial charge on any atom is -0.465 e. The van der Waals surface area contributed by atoms with Crippen molar-refractivity contribution in [3.05, 3.63) is 34.9 Å². The van der Waals surface area contributed by atoms with Crippen LogP contribution >= 0.6 is 11.6 Å². The molecule has 0 aliphatic heterocycles. The topological polar surface area (TPSA) is 83.8 Å². The zero-order chi connectivity index (χ0) is 12.3. The Labute approximate surface area is 96.2 Å². The standard InChI is InChI=1S/C10H9ClO5/c1-16-9(13)10(14,15)8(12)6-2-4-7(11)5-3-6/h2-5,14-15H,1H3. The highest BCUT2D eigenvalue weighted by molar-refractivity contribution is 6.30. The summed E-state index contributed by atoms with van der Waals surface area (Å²) < 4.78 is 4.10. The van der Waals surface area contributed by atoms with E-state index < -0.39 is 17.5 Å². The second-order valence-electron chi connectivity index (χ2n) is 3.00. The van der Waals surface area contributed by atoms with Gasteiger partial charge in [0.25, 0.3) is 0 Å². The number of carbonyl (C=O) groups excluding carboxylic acids is 2. The van der Waals surface area contributed by atoms with Gasteiger partial charge in [0.2, 0.25) is 5.78 Å². The van der Waals surface area contributed by atoms with Crippen LogP contribution in [0, 0.1) is 0 Å². The van der Waals surface area contributed by atoms with Crippen LogP contribution < -0.4 is 0 Å². The Bertz CT molecular complexity index is 410. The van der Waals surface area contributed by atoms with Gasteiger partial charge in [0.05, 0.1) is 7.11 Å². The normalized spacial score (nSPS) is 11.0. The minimum atomic E-state index is -3.18. The van der Waals surface area contributed by atoms with Crippen molar-refractivity contribution >= 4 is 23.4 Å². The summed E-state index contributed by atoms with van der Waals surface area (Å²) in [5, 5.41) is 18.9. The Morgan fingerprint density at radius 3 is 2.19 bits per heavy atom. The lowest BCUT2D eigenvalue weighted by molar-refractivity contribution is -0.189. The summed E-state index contributed by atoms with van der Waals surface area (Å²) in [4.78, 5) is 22.5. The van der Waals surface area contributed by atoms with Crippen molar-refractivity contribution in [2.45, 2.75) is 5.79 Å². The van der Waals surface area contributed by atoms with Crippen molar-refractivity contribution in [3.63, 3.8) is 0 Å². The van der Waals surface area contributed by atoms with Crippen LogP contribution in [0.25, 0.3) is 0 Å². The van der Waals surface area contributed by atoms with Crippen molar-refractivity contribution in [2.24, 2.45) is 0 Å². The number of hydrogen-bond acceptors (Lipinski definition) is 5. The highest BCUT2D eigenvalue weighted by Gasteiger charge is 2.43. The molecule has 1 aromatic carbocycles. The van der Waals surface area contributed by atoms with Crippen molar-refractivity contribution in [2.75, 3.05) is 7.11 Å². The van der Waals surface area contributed by atoms with E-state index in [1.807, 2.05) is 0 Å². The van der Waals surface area contributed by atoms with Crippen molar-refractivity contribution in [1.29, 1.82) is 0 Å². The Morgan fingerprint density at radius 2 is 1.75 bits per heavy atom. The van der Waals surface area contributed by atoms with Crippen molar-refractivity contribution in [1.82, 2.24) is 0 Å². The maximum absolute atomic E-state index is 11.5. The number of Topliss-reactive ketones (excluding diaryl/α,β-unsaturated/α-hetero) is 1. The molecule has 0 saturated heterocycles. The summed E-state index contributed by atoms with van der Waals surface area (Å²) in [5.74, 6) is -5.79. The molecule has 0 heterocycles. The third kappa shape index (κ3) is 2.38. The number of aliphatic hydroxyl groups is 2. The van der Waals surface area contributed by atoms with Crippen LogP contribution in [0.1, 0.15) is 10.4 Å². The lowest BCUT2D eigenvalue weighted by Gasteiger charge is -2.16. The van der Waals surface area contributed by atoms with Gasteiger partial charge in [-0.25, -0.2) is 4.79 Å². The van der Waals surface area contributed by atoms with Gasteiger partial charge in [-0.3, -0.25) is 4.79 Å². The lowest BCUT2D eigenvalue weighted by Crippen LogP contribution is -2.47. The number of methoxy groups -OCH3 is 1. The van der Waals surface area contributed by atoms with Gasteiger partial charge >= 0.3 is 11.8 Å². The summed E-state index contributed by atoms with van der Waals surface area (Å²) >= 11 is 5.59. The molecule has 1 rings (SSSR count). The van der Waals surface area contributed by atoms with Crippen LogP contribution in [0.4, 0.5) is 0 Å². The van der Waals surface area contributed by atoms with E-state index in [-0.39, 0.29) is 5.56 Å². The molecule has 0 amide bonds. The predicted molar refractivity (Wildman–Crippen MR) is 55.0 cm³/mol. The zero-order valence-electron chi connectivity index (χ0n) is 8.31. The molecule has 0 bridgehead atoms. The number of hydrogen-bond donors (Lipinski definition) is 2. The summed E-state index contributed by atoms with van der Waals surface area (Å²) in [5.41, 5.74) is -0.0557. The van der Waals surface area contributed by atoms with Gasteiger partial charge in [-0.15, -0.1) is 0 Å². The molecular formula is C10H9ClO5. The van der Waals surface area contributed by atoms with E-state index in [1.54, 1.807) is 0 Å². The van der Waals surface area contributed by atoms with Crippen molar-refractivity contribution < 1.29 is 24.5 Å².